The summed E-state index contributed by atoms with van der Waals surface area (Å²) in [7, 11) is 1.86. The first-order chi connectivity index (χ1) is 9.85. The minimum atomic E-state index is -0.762. The van der Waals surface area contributed by atoms with Crippen molar-refractivity contribution in [3.63, 3.8) is 0 Å². The van der Waals surface area contributed by atoms with Gasteiger partial charge in [-0.1, -0.05) is 13.8 Å². The van der Waals surface area contributed by atoms with Crippen LogP contribution in [0.2, 0.25) is 0 Å². The van der Waals surface area contributed by atoms with Crippen LogP contribution in [-0.2, 0) is 23.2 Å². The molecule has 2 heterocycles. The predicted octanol–water partition coefficient (Wildman–Crippen LogP) is 1.13. The van der Waals surface area contributed by atoms with Crippen molar-refractivity contribution in [3.8, 4) is 0 Å². The molecular weight excluding hydrogens is 268 g/mol. The smallest absolute Gasteiger partial charge is 0.246 e. The summed E-state index contributed by atoms with van der Waals surface area (Å²) in [5.74, 6) is -0.0874. The van der Waals surface area contributed by atoms with Gasteiger partial charge in [0, 0.05) is 7.05 Å². The standard InChI is InChI=1S/C15H24N4O2/c1-6-15(7-2)14(21)16-11(4)13(20)19(15)9-12-8-10(3)17-18(12)5/h8,11H,6-7,9H2,1-5H3,(H,16,21). The van der Waals surface area contributed by atoms with Crippen molar-refractivity contribution in [2.45, 2.75) is 58.7 Å². The number of piperazine rings is 1. The van der Waals surface area contributed by atoms with E-state index in [1.54, 1.807) is 16.5 Å². The lowest BCUT2D eigenvalue weighted by Gasteiger charge is -2.47. The summed E-state index contributed by atoms with van der Waals surface area (Å²) in [6.07, 6.45) is 1.20. The second kappa shape index (κ2) is 5.50. The van der Waals surface area contributed by atoms with E-state index in [1.165, 1.54) is 0 Å². The maximum atomic E-state index is 12.6. The second-order valence-corrected chi connectivity index (χ2v) is 5.76. The average molecular weight is 292 g/mol. The highest BCUT2D eigenvalue weighted by atomic mass is 16.2. The molecule has 1 aromatic rings. The van der Waals surface area contributed by atoms with Crippen LogP contribution in [0.4, 0.5) is 0 Å². The van der Waals surface area contributed by atoms with E-state index in [1.807, 2.05) is 33.9 Å². The molecule has 1 atom stereocenters. The fourth-order valence-corrected chi connectivity index (χ4v) is 3.12. The number of hydrogen-bond donors (Lipinski definition) is 1. The third-order valence-corrected chi connectivity index (χ3v) is 4.51. The molecule has 6 heteroatoms. The van der Waals surface area contributed by atoms with Gasteiger partial charge in [0.1, 0.15) is 11.6 Å². The first-order valence-electron chi connectivity index (χ1n) is 7.47. The van der Waals surface area contributed by atoms with Crippen LogP contribution in [0.25, 0.3) is 0 Å². The van der Waals surface area contributed by atoms with Gasteiger partial charge in [0.15, 0.2) is 0 Å². The Hall–Kier alpha value is -1.85. The summed E-state index contributed by atoms with van der Waals surface area (Å²) in [6.45, 7) is 7.97. The third-order valence-electron chi connectivity index (χ3n) is 4.51. The van der Waals surface area contributed by atoms with Crippen LogP contribution >= 0.6 is 0 Å². The third kappa shape index (κ3) is 2.43. The summed E-state index contributed by atoms with van der Waals surface area (Å²) in [6, 6.07) is 1.48. The second-order valence-electron chi connectivity index (χ2n) is 5.76. The number of hydrogen-bond acceptors (Lipinski definition) is 3. The Morgan fingerprint density at radius 3 is 2.43 bits per heavy atom. The van der Waals surface area contributed by atoms with Crippen molar-refractivity contribution in [1.29, 1.82) is 0 Å². The van der Waals surface area contributed by atoms with Crippen molar-refractivity contribution in [2.75, 3.05) is 0 Å². The molecule has 21 heavy (non-hydrogen) atoms. The van der Waals surface area contributed by atoms with Gasteiger partial charge in [-0.15, -0.1) is 0 Å². The van der Waals surface area contributed by atoms with E-state index in [-0.39, 0.29) is 11.8 Å². The van der Waals surface area contributed by atoms with Crippen molar-refractivity contribution in [1.82, 2.24) is 20.0 Å². The summed E-state index contributed by atoms with van der Waals surface area (Å²) < 4.78 is 1.77. The molecule has 1 aromatic heterocycles. The molecule has 0 spiro atoms. The lowest BCUT2D eigenvalue weighted by atomic mass is 9.86. The summed E-state index contributed by atoms with van der Waals surface area (Å²) in [5.41, 5.74) is 1.09. The van der Waals surface area contributed by atoms with E-state index in [0.717, 1.165) is 11.4 Å². The first kappa shape index (κ1) is 15.5. The van der Waals surface area contributed by atoms with E-state index >= 15 is 0 Å². The van der Waals surface area contributed by atoms with Gasteiger partial charge in [0.05, 0.1) is 17.9 Å². The van der Waals surface area contributed by atoms with E-state index in [2.05, 4.69) is 10.4 Å². The molecular formula is C15H24N4O2. The van der Waals surface area contributed by atoms with Crippen molar-refractivity contribution >= 4 is 11.8 Å². The number of carbonyl (C=O) groups excluding carboxylic acids is 2. The Labute approximate surface area is 125 Å². The van der Waals surface area contributed by atoms with Gasteiger partial charge in [-0.3, -0.25) is 14.3 Å². The molecule has 0 aromatic carbocycles. The summed E-state index contributed by atoms with van der Waals surface area (Å²) in [4.78, 5) is 26.8. The van der Waals surface area contributed by atoms with Crippen molar-refractivity contribution < 1.29 is 9.59 Å². The molecule has 1 aliphatic rings. The lowest BCUT2D eigenvalue weighted by molar-refractivity contribution is -0.158. The maximum absolute atomic E-state index is 12.6. The molecule has 1 saturated heterocycles. The van der Waals surface area contributed by atoms with Gasteiger partial charge in [-0.2, -0.15) is 5.10 Å². The number of amides is 2. The summed E-state index contributed by atoms with van der Waals surface area (Å²) >= 11 is 0. The van der Waals surface area contributed by atoms with Crippen LogP contribution in [-0.4, -0.2) is 38.1 Å². The number of rotatable bonds is 4. The van der Waals surface area contributed by atoms with E-state index in [9.17, 15) is 9.59 Å². The SMILES string of the molecule is CCC1(CC)C(=O)NC(C)C(=O)N1Cc1cc(C)nn1C. The number of carbonyl (C=O) groups is 2. The van der Waals surface area contributed by atoms with E-state index in [0.29, 0.717) is 19.4 Å². The number of nitrogens with zero attached hydrogens (tertiary/aromatic N) is 3. The normalized spacial score (nSPS) is 21.6. The zero-order valence-electron chi connectivity index (χ0n) is 13.4. The van der Waals surface area contributed by atoms with Crippen LogP contribution in [0.5, 0.6) is 0 Å². The van der Waals surface area contributed by atoms with Gasteiger partial charge < -0.3 is 10.2 Å². The molecule has 1 aliphatic heterocycles. The molecule has 1 N–H and O–H groups in total. The largest absolute Gasteiger partial charge is 0.343 e. The molecule has 2 rings (SSSR count). The monoisotopic (exact) mass is 292 g/mol. The quantitative estimate of drug-likeness (QED) is 0.904. The average Bonchev–Trinajstić information content (AvgIpc) is 2.75. The fourth-order valence-electron chi connectivity index (χ4n) is 3.12. The number of nitrogens with one attached hydrogen (secondary N) is 1. The van der Waals surface area contributed by atoms with Crippen LogP contribution in [0, 0.1) is 6.92 Å². The molecule has 1 unspecified atom stereocenters. The van der Waals surface area contributed by atoms with E-state index in [4.69, 9.17) is 0 Å². The Morgan fingerprint density at radius 1 is 1.33 bits per heavy atom. The Bertz CT molecular complexity index is 560. The van der Waals surface area contributed by atoms with E-state index < -0.39 is 11.6 Å². The molecule has 116 valence electrons. The highest BCUT2D eigenvalue weighted by Crippen LogP contribution is 2.30. The first-order valence-corrected chi connectivity index (χ1v) is 7.47. The number of aryl methyl sites for hydroxylation is 2. The Morgan fingerprint density at radius 2 is 1.95 bits per heavy atom. The predicted molar refractivity (Wildman–Crippen MR) is 79.4 cm³/mol. The molecule has 0 saturated carbocycles. The van der Waals surface area contributed by atoms with Gasteiger partial charge in [0.2, 0.25) is 11.8 Å². The minimum Gasteiger partial charge on any atom is -0.343 e. The maximum Gasteiger partial charge on any atom is 0.246 e. The van der Waals surface area contributed by atoms with Gasteiger partial charge in [-0.25, -0.2) is 0 Å². The van der Waals surface area contributed by atoms with Crippen LogP contribution in [0.1, 0.15) is 45.0 Å². The number of aromatic nitrogens is 2. The van der Waals surface area contributed by atoms with Crippen molar-refractivity contribution in [3.05, 3.63) is 17.5 Å². The van der Waals surface area contributed by atoms with Crippen LogP contribution < -0.4 is 5.32 Å². The summed E-state index contributed by atoms with van der Waals surface area (Å²) in [5, 5.41) is 7.12. The highest BCUT2D eigenvalue weighted by molar-refractivity contribution is 5.99. The Kier molecular flexibility index (Phi) is 4.07. The lowest BCUT2D eigenvalue weighted by Crippen LogP contribution is -2.69. The highest BCUT2D eigenvalue weighted by Gasteiger charge is 2.49. The molecule has 0 aliphatic carbocycles. The van der Waals surface area contributed by atoms with Crippen LogP contribution in [0.15, 0.2) is 6.07 Å². The molecule has 2 amide bonds. The molecule has 0 bridgehead atoms. The van der Waals surface area contributed by atoms with Crippen molar-refractivity contribution in [2.24, 2.45) is 7.05 Å². The molecule has 6 nitrogen and oxygen atoms in total. The van der Waals surface area contributed by atoms with Gasteiger partial charge in [0.25, 0.3) is 0 Å². The molecule has 0 radical (unpaired) electrons. The molecule has 1 fully saturated rings. The zero-order chi connectivity index (χ0) is 15.8. The minimum absolute atomic E-state index is 0.0304. The van der Waals surface area contributed by atoms with Crippen LogP contribution in [0.3, 0.4) is 0 Å². The van der Waals surface area contributed by atoms with Gasteiger partial charge >= 0.3 is 0 Å². The Balaban J connectivity index is 2.41. The fraction of sp³-hybridized carbons (Fsp3) is 0.667. The van der Waals surface area contributed by atoms with Gasteiger partial charge in [-0.05, 0) is 32.8 Å². The topological polar surface area (TPSA) is 67.2 Å². The zero-order valence-corrected chi connectivity index (χ0v) is 13.4.